The first-order valence-electron chi connectivity index (χ1n) is 6.63. The highest BCUT2D eigenvalue weighted by atomic mass is 16.3. The van der Waals surface area contributed by atoms with Crippen molar-refractivity contribution >= 4 is 0 Å². The van der Waals surface area contributed by atoms with Gasteiger partial charge in [-0.25, -0.2) is 9.97 Å². The van der Waals surface area contributed by atoms with Crippen LogP contribution in [-0.2, 0) is 0 Å². The lowest BCUT2D eigenvalue weighted by molar-refractivity contribution is 0.115. The van der Waals surface area contributed by atoms with Crippen LogP contribution in [0.1, 0.15) is 50.3 Å². The lowest BCUT2D eigenvalue weighted by atomic mass is 10.0. The van der Waals surface area contributed by atoms with Crippen LogP contribution >= 0.6 is 0 Å². The molecule has 4 heteroatoms. The Morgan fingerprint density at radius 1 is 1.28 bits per heavy atom. The number of nitrogens with one attached hydrogen (secondary N) is 1. The number of aliphatic hydroxyl groups is 1. The van der Waals surface area contributed by atoms with E-state index < -0.39 is 0 Å². The minimum Gasteiger partial charge on any atom is -0.393 e. The second-order valence-electron chi connectivity index (χ2n) is 5.23. The molecule has 0 radical (unpaired) electrons. The highest BCUT2D eigenvalue weighted by Gasteiger charge is 2.12. The lowest BCUT2D eigenvalue weighted by Gasteiger charge is -2.18. The Morgan fingerprint density at radius 2 is 1.94 bits per heavy atom. The molecule has 0 aliphatic heterocycles. The number of hydrogen-bond acceptors (Lipinski definition) is 4. The average Bonchev–Trinajstić information content (AvgIpc) is 2.28. The molecular weight excluding hydrogens is 226 g/mol. The van der Waals surface area contributed by atoms with Crippen molar-refractivity contribution in [2.45, 2.75) is 53.2 Å². The first-order valence-corrected chi connectivity index (χ1v) is 6.63. The molecule has 0 saturated carbocycles. The summed E-state index contributed by atoms with van der Waals surface area (Å²) in [4.78, 5) is 8.60. The Balaban J connectivity index is 2.48. The zero-order valence-corrected chi connectivity index (χ0v) is 12.1. The highest BCUT2D eigenvalue weighted by Crippen LogP contribution is 2.15. The summed E-state index contributed by atoms with van der Waals surface area (Å²) in [6.45, 7) is 10.9. The van der Waals surface area contributed by atoms with Gasteiger partial charge < -0.3 is 10.4 Å². The normalized spacial score (nSPS) is 14.8. The van der Waals surface area contributed by atoms with Gasteiger partial charge >= 0.3 is 0 Å². The quantitative estimate of drug-likeness (QED) is 0.813. The SMILES string of the molecule is Cc1ncc(C(C)NCCC(O)C(C)C)c(C)n1. The molecule has 4 nitrogen and oxygen atoms in total. The van der Waals surface area contributed by atoms with Gasteiger partial charge in [-0.3, -0.25) is 0 Å². The van der Waals surface area contributed by atoms with E-state index in [2.05, 4.69) is 22.2 Å². The number of aryl methyl sites for hydroxylation is 2. The highest BCUT2D eigenvalue weighted by molar-refractivity contribution is 5.19. The summed E-state index contributed by atoms with van der Waals surface area (Å²) in [5.74, 6) is 1.12. The molecule has 0 spiro atoms. The van der Waals surface area contributed by atoms with Gasteiger partial charge in [0.1, 0.15) is 5.82 Å². The Bertz CT molecular complexity index is 379. The van der Waals surface area contributed by atoms with Crippen molar-refractivity contribution in [1.29, 1.82) is 0 Å². The van der Waals surface area contributed by atoms with Crippen LogP contribution in [0.2, 0.25) is 0 Å². The maximum atomic E-state index is 9.74. The Labute approximate surface area is 110 Å². The predicted octanol–water partition coefficient (Wildman–Crippen LogP) is 2.15. The van der Waals surface area contributed by atoms with Crippen molar-refractivity contribution in [3.63, 3.8) is 0 Å². The maximum Gasteiger partial charge on any atom is 0.125 e. The van der Waals surface area contributed by atoms with E-state index in [1.165, 1.54) is 0 Å². The van der Waals surface area contributed by atoms with Crippen LogP contribution in [0.25, 0.3) is 0 Å². The van der Waals surface area contributed by atoms with Crippen molar-refractivity contribution in [3.05, 3.63) is 23.3 Å². The minimum absolute atomic E-state index is 0.213. The van der Waals surface area contributed by atoms with E-state index in [0.717, 1.165) is 30.0 Å². The van der Waals surface area contributed by atoms with E-state index in [-0.39, 0.29) is 12.1 Å². The fraction of sp³-hybridized carbons (Fsp3) is 0.714. The van der Waals surface area contributed by atoms with Gasteiger partial charge in [0.15, 0.2) is 0 Å². The fourth-order valence-electron chi connectivity index (χ4n) is 1.91. The average molecular weight is 251 g/mol. The third-order valence-corrected chi connectivity index (χ3v) is 3.26. The Hall–Kier alpha value is -1.00. The van der Waals surface area contributed by atoms with Crippen molar-refractivity contribution < 1.29 is 5.11 Å². The molecule has 1 heterocycles. The molecule has 0 aromatic carbocycles. The van der Waals surface area contributed by atoms with Gasteiger partial charge in [-0.2, -0.15) is 0 Å². The fourth-order valence-corrected chi connectivity index (χ4v) is 1.91. The maximum absolute atomic E-state index is 9.74. The van der Waals surface area contributed by atoms with Gasteiger partial charge in [0.2, 0.25) is 0 Å². The van der Waals surface area contributed by atoms with Gasteiger partial charge in [0.05, 0.1) is 6.10 Å². The number of hydrogen-bond donors (Lipinski definition) is 2. The molecule has 18 heavy (non-hydrogen) atoms. The summed E-state index contributed by atoms with van der Waals surface area (Å²) < 4.78 is 0. The van der Waals surface area contributed by atoms with Crippen LogP contribution in [0, 0.1) is 19.8 Å². The summed E-state index contributed by atoms with van der Waals surface area (Å²) in [6, 6.07) is 0.213. The summed E-state index contributed by atoms with van der Waals surface area (Å²) in [5, 5.41) is 13.1. The monoisotopic (exact) mass is 251 g/mol. The van der Waals surface area contributed by atoms with Gasteiger partial charge in [0, 0.05) is 23.5 Å². The van der Waals surface area contributed by atoms with E-state index in [1.54, 1.807) is 0 Å². The minimum atomic E-state index is -0.236. The van der Waals surface area contributed by atoms with E-state index >= 15 is 0 Å². The van der Waals surface area contributed by atoms with Crippen molar-refractivity contribution in [3.8, 4) is 0 Å². The third kappa shape index (κ3) is 4.35. The number of aromatic nitrogens is 2. The summed E-state index contributed by atoms with van der Waals surface area (Å²) in [6.07, 6.45) is 2.42. The smallest absolute Gasteiger partial charge is 0.125 e. The number of nitrogens with zero attached hydrogens (tertiary/aromatic N) is 2. The van der Waals surface area contributed by atoms with Crippen LogP contribution in [0.3, 0.4) is 0 Å². The number of rotatable bonds is 6. The zero-order chi connectivity index (χ0) is 13.7. The zero-order valence-electron chi connectivity index (χ0n) is 12.1. The molecule has 2 atom stereocenters. The molecule has 0 amide bonds. The van der Waals surface area contributed by atoms with Crippen LogP contribution < -0.4 is 5.32 Å². The second kappa shape index (κ2) is 6.81. The van der Waals surface area contributed by atoms with Crippen molar-refractivity contribution in [2.24, 2.45) is 5.92 Å². The first kappa shape index (κ1) is 15.1. The van der Waals surface area contributed by atoms with Gasteiger partial charge in [-0.1, -0.05) is 13.8 Å². The Morgan fingerprint density at radius 3 is 2.50 bits per heavy atom. The van der Waals surface area contributed by atoms with Gasteiger partial charge in [-0.05, 0) is 39.7 Å². The first-order chi connectivity index (χ1) is 8.41. The van der Waals surface area contributed by atoms with Crippen LogP contribution in [0.15, 0.2) is 6.20 Å². The standard InChI is InChI=1S/C14H25N3O/c1-9(2)14(18)6-7-15-10(3)13-8-16-12(5)17-11(13)4/h8-10,14-15,18H,6-7H2,1-5H3. The predicted molar refractivity (Wildman–Crippen MR) is 73.4 cm³/mol. The largest absolute Gasteiger partial charge is 0.393 e. The Kier molecular flexibility index (Phi) is 5.69. The molecule has 2 N–H and O–H groups in total. The van der Waals surface area contributed by atoms with Crippen molar-refractivity contribution in [1.82, 2.24) is 15.3 Å². The summed E-state index contributed by atoms with van der Waals surface area (Å²) in [7, 11) is 0. The molecule has 0 bridgehead atoms. The van der Waals surface area contributed by atoms with E-state index in [1.807, 2.05) is 33.9 Å². The molecule has 2 unspecified atom stereocenters. The summed E-state index contributed by atoms with van der Waals surface area (Å²) >= 11 is 0. The van der Waals surface area contributed by atoms with Crippen LogP contribution in [0.4, 0.5) is 0 Å². The molecular formula is C14H25N3O. The topological polar surface area (TPSA) is 58.0 Å². The van der Waals surface area contributed by atoms with Gasteiger partial charge in [0.25, 0.3) is 0 Å². The molecule has 0 aliphatic rings. The second-order valence-corrected chi connectivity index (χ2v) is 5.23. The molecule has 0 fully saturated rings. The van der Waals surface area contributed by atoms with E-state index in [9.17, 15) is 5.11 Å². The molecule has 0 aliphatic carbocycles. The van der Waals surface area contributed by atoms with Gasteiger partial charge in [-0.15, -0.1) is 0 Å². The van der Waals surface area contributed by atoms with Crippen LogP contribution in [0.5, 0.6) is 0 Å². The van der Waals surface area contributed by atoms with E-state index in [0.29, 0.717) is 5.92 Å². The van der Waals surface area contributed by atoms with Crippen molar-refractivity contribution in [2.75, 3.05) is 6.54 Å². The lowest BCUT2D eigenvalue weighted by Crippen LogP contribution is -2.26. The molecule has 102 valence electrons. The molecule has 1 aromatic rings. The molecule has 1 rings (SSSR count). The number of aliphatic hydroxyl groups excluding tert-OH is 1. The molecule has 0 saturated heterocycles. The van der Waals surface area contributed by atoms with E-state index in [4.69, 9.17) is 0 Å². The molecule has 1 aromatic heterocycles. The third-order valence-electron chi connectivity index (χ3n) is 3.26. The van der Waals surface area contributed by atoms with Crippen LogP contribution in [-0.4, -0.2) is 27.7 Å². The summed E-state index contributed by atoms with van der Waals surface area (Å²) in [5.41, 5.74) is 2.14.